The van der Waals surface area contributed by atoms with Gasteiger partial charge >= 0.3 is 0 Å². The highest BCUT2D eigenvalue weighted by atomic mass is 16.5. The summed E-state index contributed by atoms with van der Waals surface area (Å²) in [6.45, 7) is 1.47. The van der Waals surface area contributed by atoms with Crippen LogP contribution in [0.2, 0.25) is 0 Å². The zero-order chi connectivity index (χ0) is 22.8. The van der Waals surface area contributed by atoms with Crippen molar-refractivity contribution in [2.75, 3.05) is 37.5 Å². The molecule has 1 atom stereocenters. The number of ether oxygens (including phenoxy) is 2. The summed E-state index contributed by atoms with van der Waals surface area (Å²) in [6.07, 6.45) is 8.86. The van der Waals surface area contributed by atoms with Crippen molar-refractivity contribution in [2.45, 2.75) is 25.4 Å². The Bertz CT molecular complexity index is 1150. The van der Waals surface area contributed by atoms with Crippen LogP contribution in [0.5, 0.6) is 0 Å². The first-order valence-corrected chi connectivity index (χ1v) is 10.9. The first-order valence-electron chi connectivity index (χ1n) is 10.9. The zero-order valence-corrected chi connectivity index (χ0v) is 18.5. The van der Waals surface area contributed by atoms with E-state index in [4.69, 9.17) is 9.47 Å². The topological polar surface area (TPSA) is 134 Å². The average Bonchev–Trinajstić information content (AvgIpc) is 3.49. The normalized spacial score (nSPS) is 18.5. The number of hydrogen-bond acceptors (Lipinski definition) is 8. The van der Waals surface area contributed by atoms with E-state index < -0.39 is 0 Å². The summed E-state index contributed by atoms with van der Waals surface area (Å²) in [7, 11) is 3.27. The molecule has 0 bridgehead atoms. The Morgan fingerprint density at radius 2 is 2.00 bits per heavy atom. The third-order valence-electron chi connectivity index (χ3n) is 6.15. The molecule has 172 valence electrons. The molecule has 3 aromatic heterocycles. The summed E-state index contributed by atoms with van der Waals surface area (Å²) >= 11 is 0. The van der Waals surface area contributed by atoms with Crippen LogP contribution in [-0.4, -0.2) is 69.5 Å². The van der Waals surface area contributed by atoms with Crippen LogP contribution in [0.3, 0.4) is 0 Å². The van der Waals surface area contributed by atoms with Crippen molar-refractivity contribution in [1.29, 1.82) is 0 Å². The Kier molecular flexibility index (Phi) is 5.78. The number of H-pyrrole nitrogens is 2. The standard InChI is InChI=1S/C22H26N8O3/c1-32-17-10-14-15(11-18(17)33-2)27-20(26-14)19-16(12-25-29-19)28-21(31)13-4-8-30(9-5-13)22-23-6-3-7-24-22/h3,6-7,10,12-13,18H,4-5,8-9,11H2,1-2H3,(H,25,29)(H,26,27)(H,28,31). The summed E-state index contributed by atoms with van der Waals surface area (Å²) in [5.74, 6) is 1.92. The Morgan fingerprint density at radius 1 is 1.21 bits per heavy atom. The summed E-state index contributed by atoms with van der Waals surface area (Å²) in [6, 6.07) is 1.80. The molecular formula is C22H26N8O3. The van der Waals surface area contributed by atoms with Gasteiger partial charge in [-0.25, -0.2) is 15.0 Å². The van der Waals surface area contributed by atoms with Crippen molar-refractivity contribution in [3.8, 4) is 11.5 Å². The largest absolute Gasteiger partial charge is 0.498 e. The number of nitrogens with one attached hydrogen (secondary N) is 3. The molecule has 11 heteroatoms. The average molecular weight is 451 g/mol. The number of hydrogen-bond donors (Lipinski definition) is 3. The highest BCUT2D eigenvalue weighted by molar-refractivity contribution is 5.95. The highest BCUT2D eigenvalue weighted by Gasteiger charge is 2.29. The van der Waals surface area contributed by atoms with Gasteiger partial charge in [0.15, 0.2) is 5.82 Å². The molecule has 0 radical (unpaired) electrons. The monoisotopic (exact) mass is 450 g/mol. The summed E-state index contributed by atoms with van der Waals surface area (Å²) in [5.41, 5.74) is 2.96. The van der Waals surface area contributed by atoms with Crippen LogP contribution >= 0.6 is 0 Å². The van der Waals surface area contributed by atoms with Gasteiger partial charge < -0.3 is 24.7 Å². The number of carbonyl (C=O) groups excluding carboxylic acids is 1. The maximum absolute atomic E-state index is 13.0. The second-order valence-corrected chi connectivity index (χ2v) is 8.09. The molecule has 5 rings (SSSR count). The van der Waals surface area contributed by atoms with Crippen LogP contribution in [0, 0.1) is 5.92 Å². The van der Waals surface area contributed by atoms with Crippen molar-refractivity contribution in [2.24, 2.45) is 5.92 Å². The molecule has 2 aliphatic rings. The van der Waals surface area contributed by atoms with E-state index in [0.29, 0.717) is 29.6 Å². The Morgan fingerprint density at radius 3 is 2.73 bits per heavy atom. The van der Waals surface area contributed by atoms with Gasteiger partial charge in [-0.2, -0.15) is 5.10 Å². The molecule has 11 nitrogen and oxygen atoms in total. The Labute approximate surface area is 190 Å². The molecule has 3 aromatic rings. The van der Waals surface area contributed by atoms with Gasteiger partial charge in [0.05, 0.1) is 24.7 Å². The molecule has 0 aromatic carbocycles. The van der Waals surface area contributed by atoms with Crippen LogP contribution in [0.15, 0.2) is 30.4 Å². The van der Waals surface area contributed by atoms with Gasteiger partial charge in [0.1, 0.15) is 17.6 Å². The second-order valence-electron chi connectivity index (χ2n) is 8.09. The number of amides is 1. The van der Waals surface area contributed by atoms with E-state index in [2.05, 4.69) is 40.3 Å². The Balaban J connectivity index is 1.27. The zero-order valence-electron chi connectivity index (χ0n) is 18.5. The van der Waals surface area contributed by atoms with Crippen LogP contribution in [0.25, 0.3) is 17.6 Å². The molecule has 1 aliphatic carbocycles. The summed E-state index contributed by atoms with van der Waals surface area (Å²) in [4.78, 5) is 31.7. The molecule has 3 N–H and O–H groups in total. The number of rotatable bonds is 6. The minimum absolute atomic E-state index is 0.0244. The molecule has 1 fully saturated rings. The Hall–Kier alpha value is -3.73. The SMILES string of the molecule is COC1=Cc2nc(-c3[nH]ncc3NC(=O)C3CCN(c4ncccn4)CC3)[nH]c2CC1OC. The highest BCUT2D eigenvalue weighted by Crippen LogP contribution is 2.30. The van der Waals surface area contributed by atoms with E-state index in [1.165, 1.54) is 0 Å². The van der Waals surface area contributed by atoms with Crippen LogP contribution in [0.4, 0.5) is 11.6 Å². The molecule has 1 amide bonds. The number of nitrogens with zero attached hydrogens (tertiary/aromatic N) is 5. The first-order chi connectivity index (χ1) is 16.2. The third-order valence-corrected chi connectivity index (χ3v) is 6.15. The fourth-order valence-electron chi connectivity index (χ4n) is 4.31. The molecule has 1 unspecified atom stereocenters. The minimum Gasteiger partial charge on any atom is -0.498 e. The van der Waals surface area contributed by atoms with Crippen molar-refractivity contribution >= 4 is 23.6 Å². The second kappa shape index (κ2) is 9.02. The predicted molar refractivity (Wildman–Crippen MR) is 121 cm³/mol. The number of piperidine rings is 1. The summed E-state index contributed by atoms with van der Waals surface area (Å²) in [5, 5.41) is 10.1. The molecule has 33 heavy (non-hydrogen) atoms. The maximum Gasteiger partial charge on any atom is 0.227 e. The molecule has 0 spiro atoms. The van der Waals surface area contributed by atoms with Gasteiger partial charge in [0.25, 0.3) is 0 Å². The lowest BCUT2D eigenvalue weighted by Crippen LogP contribution is -2.39. The lowest BCUT2D eigenvalue weighted by Gasteiger charge is -2.31. The van der Waals surface area contributed by atoms with Crippen LogP contribution in [0.1, 0.15) is 24.2 Å². The number of aromatic amines is 2. The number of imidazole rings is 1. The third kappa shape index (κ3) is 4.19. The summed E-state index contributed by atoms with van der Waals surface area (Å²) < 4.78 is 10.9. The molecule has 4 heterocycles. The fraction of sp³-hybridized carbons (Fsp3) is 0.409. The van der Waals surface area contributed by atoms with Crippen molar-refractivity contribution in [3.63, 3.8) is 0 Å². The van der Waals surface area contributed by atoms with E-state index >= 15 is 0 Å². The number of fused-ring (bicyclic) bond motifs is 1. The lowest BCUT2D eigenvalue weighted by atomic mass is 9.96. The van der Waals surface area contributed by atoms with Gasteiger partial charge in [0.2, 0.25) is 11.9 Å². The quantitative estimate of drug-likeness (QED) is 0.519. The molecule has 1 saturated heterocycles. The van der Waals surface area contributed by atoms with E-state index in [1.807, 2.05) is 6.08 Å². The number of methoxy groups -OCH3 is 2. The minimum atomic E-state index is -0.163. The lowest BCUT2D eigenvalue weighted by molar-refractivity contribution is -0.120. The van der Waals surface area contributed by atoms with Crippen molar-refractivity contribution in [1.82, 2.24) is 30.1 Å². The van der Waals surface area contributed by atoms with Crippen molar-refractivity contribution in [3.05, 3.63) is 41.8 Å². The van der Waals surface area contributed by atoms with Crippen molar-refractivity contribution < 1.29 is 14.3 Å². The van der Waals surface area contributed by atoms with E-state index in [9.17, 15) is 4.79 Å². The number of aromatic nitrogens is 6. The molecular weight excluding hydrogens is 424 g/mol. The van der Waals surface area contributed by atoms with Gasteiger partial charge in [-0.15, -0.1) is 0 Å². The predicted octanol–water partition coefficient (Wildman–Crippen LogP) is 2.00. The van der Waals surface area contributed by atoms with E-state index in [1.54, 1.807) is 38.9 Å². The fourth-order valence-corrected chi connectivity index (χ4v) is 4.31. The van der Waals surface area contributed by atoms with E-state index in [0.717, 1.165) is 43.1 Å². The van der Waals surface area contributed by atoms with Crippen LogP contribution < -0.4 is 10.2 Å². The van der Waals surface area contributed by atoms with Gasteiger partial charge in [-0.05, 0) is 18.9 Å². The smallest absolute Gasteiger partial charge is 0.227 e. The first kappa shape index (κ1) is 21.1. The van der Waals surface area contributed by atoms with Gasteiger partial charge in [-0.3, -0.25) is 9.89 Å². The molecule has 0 saturated carbocycles. The number of carbonyl (C=O) groups is 1. The van der Waals surface area contributed by atoms with Gasteiger partial charge in [-0.1, -0.05) is 0 Å². The van der Waals surface area contributed by atoms with Gasteiger partial charge in [0, 0.05) is 56.7 Å². The number of anilines is 2. The van der Waals surface area contributed by atoms with Crippen LogP contribution in [-0.2, 0) is 20.7 Å². The maximum atomic E-state index is 13.0. The molecule has 1 aliphatic heterocycles. The van der Waals surface area contributed by atoms with E-state index in [-0.39, 0.29) is 17.9 Å².